The number of methoxy groups -OCH3 is 1. The Morgan fingerprint density at radius 3 is 2.11 bits per heavy atom. The molecule has 3 aromatic carbocycles. The van der Waals surface area contributed by atoms with E-state index in [2.05, 4.69) is 20.0 Å². The molecule has 0 atom stereocenters. The molecule has 35 heavy (non-hydrogen) atoms. The molecule has 0 aliphatic rings. The number of rotatable bonds is 6. The van der Waals surface area contributed by atoms with Gasteiger partial charge in [-0.05, 0) is 61.4 Å². The fourth-order valence-electron chi connectivity index (χ4n) is 3.42. The van der Waals surface area contributed by atoms with Gasteiger partial charge in [-0.25, -0.2) is 18.4 Å². The second kappa shape index (κ2) is 9.06. The Morgan fingerprint density at radius 2 is 1.49 bits per heavy atom. The van der Waals surface area contributed by atoms with E-state index in [1.807, 2.05) is 13.8 Å². The van der Waals surface area contributed by atoms with E-state index in [0.717, 1.165) is 23.3 Å². The first-order valence-corrected chi connectivity index (χ1v) is 11.9. The Bertz CT molecular complexity index is 1520. The van der Waals surface area contributed by atoms with Crippen molar-refractivity contribution < 1.29 is 26.3 Å². The molecule has 0 saturated carbocycles. The molecule has 0 fully saturated rings. The van der Waals surface area contributed by atoms with E-state index in [9.17, 15) is 21.6 Å². The SMILES string of the molecule is COc1cccc(Nc2nc3cc(C)c(C)cc3nc2NS(=O)(=O)c2ccccc2C(F)(F)F)c1. The lowest BCUT2D eigenvalue weighted by molar-refractivity contribution is -0.139. The average Bonchev–Trinajstić information content (AvgIpc) is 2.80. The molecule has 0 aliphatic heterocycles. The molecule has 0 unspecified atom stereocenters. The maximum atomic E-state index is 13.5. The standard InChI is InChI=1S/C24H21F3N4O3S/c1-14-11-19-20(12-15(14)2)30-23(22(29-19)28-16-7-6-8-17(13-16)34-3)31-35(32,33)21-10-5-4-9-18(21)24(25,26)27/h4-13H,1-3H3,(H,28,29)(H,30,31). The van der Waals surface area contributed by atoms with Crippen molar-refractivity contribution in [1.29, 1.82) is 0 Å². The van der Waals surface area contributed by atoms with Crippen LogP contribution in [-0.2, 0) is 16.2 Å². The molecular weight excluding hydrogens is 481 g/mol. The summed E-state index contributed by atoms with van der Waals surface area (Å²) in [4.78, 5) is 7.99. The maximum absolute atomic E-state index is 13.5. The van der Waals surface area contributed by atoms with Crippen LogP contribution in [0.3, 0.4) is 0 Å². The average molecular weight is 503 g/mol. The molecule has 0 aliphatic carbocycles. The summed E-state index contributed by atoms with van der Waals surface area (Å²) >= 11 is 0. The molecule has 0 spiro atoms. The van der Waals surface area contributed by atoms with E-state index in [-0.39, 0.29) is 11.6 Å². The van der Waals surface area contributed by atoms with Crippen LogP contribution in [0.4, 0.5) is 30.5 Å². The maximum Gasteiger partial charge on any atom is 0.417 e. The van der Waals surface area contributed by atoms with Crippen LogP contribution >= 0.6 is 0 Å². The first kappa shape index (κ1) is 24.3. The molecule has 0 radical (unpaired) electrons. The number of hydrogen-bond acceptors (Lipinski definition) is 6. The summed E-state index contributed by atoms with van der Waals surface area (Å²) < 4.78 is 74.1. The summed E-state index contributed by atoms with van der Waals surface area (Å²) in [5.41, 5.74) is 1.94. The monoisotopic (exact) mass is 502 g/mol. The molecule has 182 valence electrons. The van der Waals surface area contributed by atoms with Crippen molar-refractivity contribution in [3.63, 3.8) is 0 Å². The minimum absolute atomic E-state index is 0.0158. The van der Waals surface area contributed by atoms with Gasteiger partial charge in [-0.15, -0.1) is 0 Å². The summed E-state index contributed by atoms with van der Waals surface area (Å²) in [5, 5.41) is 2.99. The number of halogens is 3. The number of aromatic nitrogens is 2. The van der Waals surface area contributed by atoms with Crippen LogP contribution in [0.25, 0.3) is 11.0 Å². The van der Waals surface area contributed by atoms with Crippen molar-refractivity contribution in [2.75, 3.05) is 17.1 Å². The van der Waals surface area contributed by atoms with E-state index in [4.69, 9.17) is 4.74 Å². The number of sulfonamides is 1. The topological polar surface area (TPSA) is 93.2 Å². The van der Waals surface area contributed by atoms with Gasteiger partial charge >= 0.3 is 6.18 Å². The van der Waals surface area contributed by atoms with E-state index >= 15 is 0 Å². The molecule has 7 nitrogen and oxygen atoms in total. The third kappa shape index (κ3) is 5.14. The quantitative estimate of drug-likeness (QED) is 0.345. The number of alkyl halides is 3. The van der Waals surface area contributed by atoms with Gasteiger partial charge in [-0.3, -0.25) is 4.72 Å². The third-order valence-corrected chi connectivity index (χ3v) is 6.72. The number of nitrogens with one attached hydrogen (secondary N) is 2. The Morgan fingerprint density at radius 1 is 0.857 bits per heavy atom. The Balaban J connectivity index is 1.85. The molecule has 0 saturated heterocycles. The second-order valence-electron chi connectivity index (χ2n) is 7.80. The van der Waals surface area contributed by atoms with Crippen molar-refractivity contribution in [2.45, 2.75) is 24.9 Å². The highest BCUT2D eigenvalue weighted by Crippen LogP contribution is 2.35. The van der Waals surface area contributed by atoms with Crippen molar-refractivity contribution in [3.05, 3.63) is 77.4 Å². The van der Waals surface area contributed by atoms with Crippen LogP contribution in [0.15, 0.2) is 65.6 Å². The number of ether oxygens (including phenoxy) is 1. The highest BCUT2D eigenvalue weighted by atomic mass is 32.2. The van der Waals surface area contributed by atoms with Crippen LogP contribution in [0, 0.1) is 13.8 Å². The van der Waals surface area contributed by atoms with Crippen molar-refractivity contribution >= 4 is 38.4 Å². The van der Waals surface area contributed by atoms with Gasteiger partial charge in [0.15, 0.2) is 11.6 Å². The minimum Gasteiger partial charge on any atom is -0.497 e. The van der Waals surface area contributed by atoms with Gasteiger partial charge < -0.3 is 10.1 Å². The lowest BCUT2D eigenvalue weighted by atomic mass is 10.1. The van der Waals surface area contributed by atoms with Gasteiger partial charge in [0, 0.05) is 11.8 Å². The van der Waals surface area contributed by atoms with Gasteiger partial charge in [-0.2, -0.15) is 13.2 Å². The number of aryl methyl sites for hydroxylation is 2. The van der Waals surface area contributed by atoms with Gasteiger partial charge in [-0.1, -0.05) is 18.2 Å². The first-order chi connectivity index (χ1) is 16.5. The van der Waals surface area contributed by atoms with E-state index in [1.54, 1.807) is 36.4 Å². The van der Waals surface area contributed by atoms with Gasteiger partial charge in [0.1, 0.15) is 5.75 Å². The molecule has 0 bridgehead atoms. The molecular formula is C24H21F3N4O3S. The zero-order valence-corrected chi connectivity index (χ0v) is 19.8. The number of anilines is 3. The van der Waals surface area contributed by atoms with Gasteiger partial charge in [0.05, 0.1) is 28.6 Å². The smallest absolute Gasteiger partial charge is 0.417 e. The summed E-state index contributed by atoms with van der Waals surface area (Å²) in [6.07, 6.45) is -4.86. The van der Waals surface area contributed by atoms with E-state index in [1.165, 1.54) is 13.2 Å². The molecule has 11 heteroatoms. The summed E-state index contributed by atoms with van der Waals surface area (Å²) in [5.74, 6) is 0.305. The molecule has 1 heterocycles. The largest absolute Gasteiger partial charge is 0.497 e. The van der Waals surface area contributed by atoms with Crippen LogP contribution in [0.5, 0.6) is 5.75 Å². The minimum atomic E-state index is -4.86. The fraction of sp³-hybridized carbons (Fsp3) is 0.167. The van der Waals surface area contributed by atoms with Crippen LogP contribution in [-0.4, -0.2) is 25.5 Å². The molecule has 1 aromatic heterocycles. The zero-order chi connectivity index (χ0) is 25.4. The van der Waals surface area contributed by atoms with Gasteiger partial charge in [0.2, 0.25) is 0 Å². The first-order valence-electron chi connectivity index (χ1n) is 10.4. The van der Waals surface area contributed by atoms with Crippen molar-refractivity contribution in [2.24, 2.45) is 0 Å². The van der Waals surface area contributed by atoms with Crippen molar-refractivity contribution in [1.82, 2.24) is 9.97 Å². The highest BCUT2D eigenvalue weighted by molar-refractivity contribution is 7.92. The summed E-state index contributed by atoms with van der Waals surface area (Å²) in [6, 6.07) is 14.3. The van der Waals surface area contributed by atoms with Gasteiger partial charge in [0.25, 0.3) is 10.0 Å². The Hall–Kier alpha value is -3.86. The van der Waals surface area contributed by atoms with Crippen molar-refractivity contribution in [3.8, 4) is 5.75 Å². The number of fused-ring (bicyclic) bond motifs is 1. The molecule has 0 amide bonds. The zero-order valence-electron chi connectivity index (χ0n) is 18.9. The summed E-state index contributed by atoms with van der Waals surface area (Å²) in [6.45, 7) is 3.76. The fourth-order valence-corrected chi connectivity index (χ4v) is 4.66. The normalized spacial score (nSPS) is 11.9. The van der Waals surface area contributed by atoms with E-state index < -0.39 is 26.7 Å². The molecule has 2 N–H and O–H groups in total. The highest BCUT2D eigenvalue weighted by Gasteiger charge is 2.37. The predicted molar refractivity (Wildman–Crippen MR) is 128 cm³/mol. The second-order valence-corrected chi connectivity index (χ2v) is 9.45. The Labute approximate surface area is 200 Å². The Kier molecular flexibility index (Phi) is 6.28. The van der Waals surface area contributed by atoms with E-state index in [0.29, 0.717) is 28.5 Å². The number of hydrogen-bond donors (Lipinski definition) is 2. The lowest BCUT2D eigenvalue weighted by Gasteiger charge is -2.17. The summed E-state index contributed by atoms with van der Waals surface area (Å²) in [7, 11) is -3.18. The lowest BCUT2D eigenvalue weighted by Crippen LogP contribution is -2.20. The number of nitrogens with zero attached hydrogens (tertiary/aromatic N) is 2. The van der Waals surface area contributed by atoms with Crippen LogP contribution in [0.2, 0.25) is 0 Å². The predicted octanol–water partition coefficient (Wildman–Crippen LogP) is 5.82. The third-order valence-electron chi connectivity index (χ3n) is 5.33. The molecule has 4 rings (SSSR count). The van der Waals surface area contributed by atoms with Crippen LogP contribution in [0.1, 0.15) is 16.7 Å². The van der Waals surface area contributed by atoms with Crippen LogP contribution < -0.4 is 14.8 Å². The molecule has 4 aromatic rings. The number of benzene rings is 3.